The standard InChI is InChI=1S/C32H49NO/c1-3-5-7-9-11-13-15-17-19-27-21-23-29-31(25-27)34-32-26-28(22-24-30(32)33-29)20-18-16-14-12-10-8-6-4-2/h21-26,33H,3-20H2,1-2H3. The topological polar surface area (TPSA) is 21.3 Å². The van der Waals surface area contributed by atoms with Gasteiger partial charge >= 0.3 is 0 Å². The third-order valence-corrected chi connectivity index (χ3v) is 7.22. The van der Waals surface area contributed by atoms with Crippen molar-refractivity contribution in [2.75, 3.05) is 5.32 Å². The van der Waals surface area contributed by atoms with Crippen LogP contribution in [0.25, 0.3) is 0 Å². The number of anilines is 2. The van der Waals surface area contributed by atoms with Crippen LogP contribution in [0.1, 0.15) is 128 Å². The molecule has 1 aliphatic heterocycles. The van der Waals surface area contributed by atoms with Crippen LogP contribution >= 0.6 is 0 Å². The van der Waals surface area contributed by atoms with E-state index in [4.69, 9.17) is 4.74 Å². The molecule has 0 amide bonds. The average molecular weight is 464 g/mol. The van der Waals surface area contributed by atoms with E-state index in [1.807, 2.05) is 0 Å². The van der Waals surface area contributed by atoms with Crippen LogP contribution in [0.3, 0.4) is 0 Å². The Kier molecular flexibility index (Phi) is 12.4. The van der Waals surface area contributed by atoms with Crippen molar-refractivity contribution in [2.24, 2.45) is 0 Å². The van der Waals surface area contributed by atoms with Gasteiger partial charge in [0.2, 0.25) is 0 Å². The summed E-state index contributed by atoms with van der Waals surface area (Å²) < 4.78 is 6.36. The first-order chi connectivity index (χ1) is 16.8. The van der Waals surface area contributed by atoms with E-state index in [1.54, 1.807) is 0 Å². The van der Waals surface area contributed by atoms with Crippen molar-refractivity contribution in [2.45, 2.75) is 129 Å². The van der Waals surface area contributed by atoms with Crippen LogP contribution in [-0.2, 0) is 12.8 Å². The van der Waals surface area contributed by atoms with Crippen LogP contribution in [0.5, 0.6) is 11.5 Å². The molecule has 2 nitrogen and oxygen atoms in total. The van der Waals surface area contributed by atoms with Crippen molar-refractivity contribution >= 4 is 11.4 Å². The molecule has 0 fully saturated rings. The summed E-state index contributed by atoms with van der Waals surface area (Å²) in [5.74, 6) is 1.96. The van der Waals surface area contributed by atoms with Crippen molar-refractivity contribution in [1.82, 2.24) is 0 Å². The summed E-state index contributed by atoms with van der Waals surface area (Å²) in [5.41, 5.74) is 4.96. The van der Waals surface area contributed by atoms with Crippen molar-refractivity contribution < 1.29 is 4.74 Å². The fourth-order valence-electron chi connectivity index (χ4n) is 5.01. The van der Waals surface area contributed by atoms with Crippen LogP contribution in [0.15, 0.2) is 36.4 Å². The summed E-state index contributed by atoms with van der Waals surface area (Å²) in [5, 5.41) is 3.57. The molecule has 0 aromatic heterocycles. The molecule has 0 spiro atoms. The number of benzene rings is 2. The van der Waals surface area contributed by atoms with E-state index >= 15 is 0 Å². The highest BCUT2D eigenvalue weighted by Gasteiger charge is 2.17. The number of nitrogens with one attached hydrogen (secondary N) is 1. The first kappa shape index (κ1) is 26.6. The van der Waals surface area contributed by atoms with E-state index in [0.717, 1.165) is 35.7 Å². The average Bonchev–Trinajstić information content (AvgIpc) is 2.86. The van der Waals surface area contributed by atoms with Crippen molar-refractivity contribution in [3.8, 4) is 11.5 Å². The SMILES string of the molecule is CCCCCCCCCCc1ccc2c(c1)Oc1cc(CCCCCCCCCC)ccc1N2. The lowest BCUT2D eigenvalue weighted by molar-refractivity contribution is 0.479. The number of fused-ring (bicyclic) bond motifs is 2. The Bertz CT molecular complexity index is 760. The maximum absolute atomic E-state index is 6.36. The van der Waals surface area contributed by atoms with E-state index in [2.05, 4.69) is 55.6 Å². The fourth-order valence-corrected chi connectivity index (χ4v) is 5.01. The van der Waals surface area contributed by atoms with Gasteiger partial charge in [-0.05, 0) is 61.1 Å². The quantitative estimate of drug-likeness (QED) is 0.189. The van der Waals surface area contributed by atoms with Crippen LogP contribution in [-0.4, -0.2) is 0 Å². The fraction of sp³-hybridized carbons (Fsp3) is 0.625. The molecule has 0 radical (unpaired) electrons. The summed E-state index contributed by atoms with van der Waals surface area (Å²) in [6.45, 7) is 4.57. The van der Waals surface area contributed by atoms with Crippen molar-refractivity contribution in [3.05, 3.63) is 47.5 Å². The maximum atomic E-state index is 6.36. The van der Waals surface area contributed by atoms with Gasteiger partial charge in [0.05, 0.1) is 11.4 Å². The number of unbranched alkanes of at least 4 members (excludes halogenated alkanes) is 14. The summed E-state index contributed by atoms with van der Waals surface area (Å²) in [6, 6.07) is 13.4. The van der Waals surface area contributed by atoms with Gasteiger partial charge in [-0.2, -0.15) is 0 Å². The lowest BCUT2D eigenvalue weighted by atomic mass is 10.0. The number of ether oxygens (including phenoxy) is 1. The number of rotatable bonds is 18. The maximum Gasteiger partial charge on any atom is 0.151 e. The molecule has 3 rings (SSSR count). The van der Waals surface area contributed by atoms with Crippen LogP contribution in [0.2, 0.25) is 0 Å². The second-order valence-corrected chi connectivity index (χ2v) is 10.3. The molecule has 0 atom stereocenters. The molecule has 0 aliphatic carbocycles. The van der Waals surface area contributed by atoms with Gasteiger partial charge in [0.1, 0.15) is 0 Å². The normalized spacial score (nSPS) is 12.1. The highest BCUT2D eigenvalue weighted by Crippen LogP contribution is 2.42. The van der Waals surface area contributed by atoms with E-state index in [-0.39, 0.29) is 0 Å². The zero-order chi connectivity index (χ0) is 23.8. The first-order valence-corrected chi connectivity index (χ1v) is 14.5. The zero-order valence-corrected chi connectivity index (χ0v) is 22.1. The minimum Gasteiger partial charge on any atom is -0.453 e. The molecule has 1 heterocycles. The van der Waals surface area contributed by atoms with Crippen LogP contribution in [0, 0.1) is 0 Å². The molecule has 1 N–H and O–H groups in total. The molecule has 0 saturated carbocycles. The summed E-state index contributed by atoms with van der Waals surface area (Å²) in [4.78, 5) is 0. The summed E-state index contributed by atoms with van der Waals surface area (Å²) in [6.07, 6.45) is 24.2. The van der Waals surface area contributed by atoms with Gasteiger partial charge in [0, 0.05) is 0 Å². The smallest absolute Gasteiger partial charge is 0.151 e. The predicted octanol–water partition coefficient (Wildman–Crippen LogP) is 10.9. The largest absolute Gasteiger partial charge is 0.453 e. The van der Waals surface area contributed by atoms with Gasteiger partial charge in [-0.15, -0.1) is 0 Å². The van der Waals surface area contributed by atoms with Crippen LogP contribution in [0.4, 0.5) is 11.4 Å². The highest BCUT2D eigenvalue weighted by atomic mass is 16.5. The van der Waals surface area contributed by atoms with Gasteiger partial charge in [0.25, 0.3) is 0 Å². The van der Waals surface area contributed by atoms with Gasteiger partial charge < -0.3 is 10.1 Å². The van der Waals surface area contributed by atoms with Gasteiger partial charge in [0.15, 0.2) is 11.5 Å². The lowest BCUT2D eigenvalue weighted by Crippen LogP contribution is -2.04. The van der Waals surface area contributed by atoms with Crippen LogP contribution < -0.4 is 10.1 Å². The molecule has 0 bridgehead atoms. The molecule has 188 valence electrons. The number of hydrogen-bond acceptors (Lipinski definition) is 2. The highest BCUT2D eigenvalue weighted by molar-refractivity contribution is 5.76. The number of aryl methyl sites for hydroxylation is 2. The Labute approximate surface area is 209 Å². The molecule has 0 saturated heterocycles. The molecule has 1 aliphatic rings. The Hall–Kier alpha value is -1.96. The molecular formula is C32H49NO. The molecule has 2 aromatic carbocycles. The van der Waals surface area contributed by atoms with Gasteiger partial charge in [-0.3, -0.25) is 0 Å². The Morgan fingerprint density at radius 2 is 0.882 bits per heavy atom. The minimum absolute atomic E-state index is 0.980. The van der Waals surface area contributed by atoms with E-state index in [0.29, 0.717) is 0 Å². The molecule has 34 heavy (non-hydrogen) atoms. The monoisotopic (exact) mass is 463 g/mol. The lowest BCUT2D eigenvalue weighted by Gasteiger charge is -2.23. The van der Waals surface area contributed by atoms with Crippen molar-refractivity contribution in [3.63, 3.8) is 0 Å². The predicted molar refractivity (Wildman–Crippen MR) is 149 cm³/mol. The molecule has 2 heteroatoms. The Morgan fingerprint density at radius 1 is 0.500 bits per heavy atom. The van der Waals surface area contributed by atoms with E-state index in [9.17, 15) is 0 Å². The Balaban J connectivity index is 1.39. The number of hydrogen-bond donors (Lipinski definition) is 1. The molecule has 0 unspecified atom stereocenters. The second-order valence-electron chi connectivity index (χ2n) is 10.3. The molecular weight excluding hydrogens is 414 g/mol. The third kappa shape index (κ3) is 9.35. The van der Waals surface area contributed by atoms with E-state index in [1.165, 1.54) is 114 Å². The third-order valence-electron chi connectivity index (χ3n) is 7.22. The Morgan fingerprint density at radius 3 is 1.29 bits per heavy atom. The van der Waals surface area contributed by atoms with Gasteiger partial charge in [-0.25, -0.2) is 0 Å². The first-order valence-electron chi connectivity index (χ1n) is 14.5. The summed E-state index contributed by atoms with van der Waals surface area (Å²) >= 11 is 0. The van der Waals surface area contributed by atoms with Gasteiger partial charge in [-0.1, -0.05) is 116 Å². The minimum atomic E-state index is 0.980. The second kappa shape index (κ2) is 15.8. The van der Waals surface area contributed by atoms with E-state index < -0.39 is 0 Å². The molecule has 2 aromatic rings. The van der Waals surface area contributed by atoms with Crippen molar-refractivity contribution in [1.29, 1.82) is 0 Å². The zero-order valence-electron chi connectivity index (χ0n) is 22.1. The summed E-state index contributed by atoms with van der Waals surface area (Å²) in [7, 11) is 0.